The van der Waals surface area contributed by atoms with Crippen LogP contribution >= 0.6 is 23.4 Å². The minimum atomic E-state index is -1.03. The number of carbonyl (C=O) groups excluding carboxylic acids is 2. The van der Waals surface area contributed by atoms with Crippen molar-refractivity contribution in [2.75, 3.05) is 0 Å². The fraction of sp³-hybridized carbons (Fsp3) is 0.429. The molecular formula is C14H15ClF2O2S. The van der Waals surface area contributed by atoms with E-state index in [0.29, 0.717) is 24.2 Å². The van der Waals surface area contributed by atoms with Crippen molar-refractivity contribution in [2.24, 2.45) is 5.92 Å². The van der Waals surface area contributed by atoms with Crippen LogP contribution in [0.25, 0.3) is 0 Å². The second-order valence-corrected chi connectivity index (χ2v) is 5.84. The zero-order valence-electron chi connectivity index (χ0n) is 11.2. The van der Waals surface area contributed by atoms with E-state index in [1.807, 2.05) is 13.8 Å². The molecule has 0 saturated heterocycles. The molecule has 0 bridgehead atoms. The molecule has 0 unspecified atom stereocenters. The van der Waals surface area contributed by atoms with Crippen LogP contribution in [0.1, 0.15) is 43.5 Å². The van der Waals surface area contributed by atoms with Crippen LogP contribution in [0.3, 0.4) is 0 Å². The molecule has 0 aliphatic carbocycles. The van der Waals surface area contributed by atoms with Crippen LogP contribution in [0.2, 0.25) is 0 Å². The molecule has 0 radical (unpaired) electrons. The van der Waals surface area contributed by atoms with Crippen molar-refractivity contribution in [1.82, 2.24) is 0 Å². The molecule has 2 nitrogen and oxygen atoms in total. The van der Waals surface area contributed by atoms with E-state index in [4.69, 9.17) is 11.6 Å². The molecule has 20 heavy (non-hydrogen) atoms. The maximum atomic E-state index is 13.6. The van der Waals surface area contributed by atoms with Gasteiger partial charge in [-0.25, -0.2) is 8.78 Å². The van der Waals surface area contributed by atoms with Crippen LogP contribution in [0.15, 0.2) is 17.0 Å². The Morgan fingerprint density at radius 2 is 1.80 bits per heavy atom. The molecule has 0 spiro atoms. The quantitative estimate of drug-likeness (QED) is 0.558. The van der Waals surface area contributed by atoms with Gasteiger partial charge < -0.3 is 0 Å². The van der Waals surface area contributed by atoms with Crippen LogP contribution in [-0.4, -0.2) is 10.4 Å². The molecule has 0 aromatic heterocycles. The Bertz CT molecular complexity index is 516. The van der Waals surface area contributed by atoms with Gasteiger partial charge in [0.15, 0.2) is 5.12 Å². The first-order chi connectivity index (χ1) is 9.38. The highest BCUT2D eigenvalue weighted by Gasteiger charge is 2.18. The predicted molar refractivity (Wildman–Crippen MR) is 76.1 cm³/mol. The lowest BCUT2D eigenvalue weighted by molar-refractivity contribution is -0.111. The third-order valence-corrected chi connectivity index (χ3v) is 4.20. The zero-order chi connectivity index (χ0) is 15.3. The number of carbonyl (C=O) groups is 2. The number of hydrogen-bond donors (Lipinski definition) is 0. The SMILES string of the molecule is CCC(CC)CC(=O)Sc1cc(C(=O)Cl)c(F)cc1F. The Morgan fingerprint density at radius 3 is 2.30 bits per heavy atom. The van der Waals surface area contributed by atoms with Gasteiger partial charge in [-0.2, -0.15) is 0 Å². The van der Waals surface area contributed by atoms with Crippen molar-refractivity contribution >= 4 is 33.7 Å². The number of halogens is 3. The Kier molecular flexibility index (Phi) is 6.62. The predicted octanol–water partition coefficient (Wildman–Crippen LogP) is 4.79. The second-order valence-electron chi connectivity index (χ2n) is 4.40. The highest BCUT2D eigenvalue weighted by molar-refractivity contribution is 8.13. The van der Waals surface area contributed by atoms with Crippen molar-refractivity contribution < 1.29 is 18.4 Å². The lowest BCUT2D eigenvalue weighted by atomic mass is 10.0. The summed E-state index contributed by atoms with van der Waals surface area (Å²) in [5.41, 5.74) is -0.425. The molecular weight excluding hydrogens is 306 g/mol. The van der Waals surface area contributed by atoms with Gasteiger partial charge in [0.05, 0.1) is 10.5 Å². The first kappa shape index (κ1) is 17.1. The monoisotopic (exact) mass is 320 g/mol. The largest absolute Gasteiger partial charge is 0.287 e. The summed E-state index contributed by atoms with van der Waals surface area (Å²) in [5, 5.41) is -1.23. The van der Waals surface area contributed by atoms with Crippen molar-refractivity contribution in [3.05, 3.63) is 29.3 Å². The number of benzene rings is 1. The van der Waals surface area contributed by atoms with Crippen LogP contribution in [0.4, 0.5) is 8.78 Å². The molecule has 0 amide bonds. The van der Waals surface area contributed by atoms with Crippen molar-refractivity contribution in [3.8, 4) is 0 Å². The van der Waals surface area contributed by atoms with E-state index in [1.54, 1.807) is 0 Å². The van der Waals surface area contributed by atoms with Crippen LogP contribution in [0, 0.1) is 17.6 Å². The van der Waals surface area contributed by atoms with Gasteiger partial charge in [-0.15, -0.1) is 0 Å². The molecule has 1 rings (SSSR count). The van der Waals surface area contributed by atoms with E-state index >= 15 is 0 Å². The van der Waals surface area contributed by atoms with E-state index in [9.17, 15) is 18.4 Å². The van der Waals surface area contributed by atoms with Gasteiger partial charge in [0.25, 0.3) is 5.24 Å². The van der Waals surface area contributed by atoms with Gasteiger partial charge in [0.1, 0.15) is 11.6 Å². The molecule has 0 N–H and O–H groups in total. The Balaban J connectivity index is 2.89. The van der Waals surface area contributed by atoms with Crippen LogP contribution in [-0.2, 0) is 4.79 Å². The molecule has 0 heterocycles. The Labute approximate surface area is 125 Å². The molecule has 6 heteroatoms. The fourth-order valence-electron chi connectivity index (χ4n) is 1.74. The van der Waals surface area contributed by atoms with E-state index in [1.165, 1.54) is 0 Å². The van der Waals surface area contributed by atoms with Gasteiger partial charge >= 0.3 is 0 Å². The number of hydrogen-bond acceptors (Lipinski definition) is 3. The average molecular weight is 321 g/mol. The Morgan fingerprint density at radius 1 is 1.20 bits per heavy atom. The summed E-state index contributed by atoms with van der Waals surface area (Å²) >= 11 is 5.88. The summed E-state index contributed by atoms with van der Waals surface area (Å²) in [4.78, 5) is 22.8. The van der Waals surface area contributed by atoms with E-state index < -0.39 is 22.4 Å². The molecule has 0 saturated carbocycles. The lowest BCUT2D eigenvalue weighted by Gasteiger charge is -2.11. The van der Waals surface area contributed by atoms with Gasteiger partial charge in [-0.05, 0) is 35.3 Å². The maximum Gasteiger partial charge on any atom is 0.255 e. The topological polar surface area (TPSA) is 34.1 Å². The van der Waals surface area contributed by atoms with E-state index in [-0.39, 0.29) is 15.9 Å². The molecule has 1 aromatic carbocycles. The smallest absolute Gasteiger partial charge is 0.255 e. The molecule has 0 aliphatic heterocycles. The Hall–Kier alpha value is -0.940. The molecule has 1 aromatic rings. The second kappa shape index (κ2) is 7.74. The van der Waals surface area contributed by atoms with Crippen molar-refractivity contribution in [3.63, 3.8) is 0 Å². The molecule has 0 fully saturated rings. The fourth-order valence-corrected chi connectivity index (χ4v) is 2.78. The summed E-state index contributed by atoms with van der Waals surface area (Å²) < 4.78 is 26.9. The minimum Gasteiger partial charge on any atom is -0.287 e. The van der Waals surface area contributed by atoms with Crippen molar-refractivity contribution in [2.45, 2.75) is 38.0 Å². The average Bonchev–Trinajstić information content (AvgIpc) is 2.38. The maximum absolute atomic E-state index is 13.6. The highest BCUT2D eigenvalue weighted by atomic mass is 35.5. The summed E-state index contributed by atoms with van der Waals surface area (Å²) in [7, 11) is 0. The van der Waals surface area contributed by atoms with Gasteiger partial charge in [-0.1, -0.05) is 26.7 Å². The summed E-state index contributed by atoms with van der Waals surface area (Å²) in [5.74, 6) is -1.65. The van der Waals surface area contributed by atoms with E-state index in [2.05, 4.69) is 0 Å². The highest BCUT2D eigenvalue weighted by Crippen LogP contribution is 2.29. The summed E-state index contributed by atoms with van der Waals surface area (Å²) in [6.07, 6.45) is 2.04. The van der Waals surface area contributed by atoms with Crippen LogP contribution in [0.5, 0.6) is 0 Å². The lowest BCUT2D eigenvalue weighted by Crippen LogP contribution is -2.05. The third kappa shape index (κ3) is 4.56. The molecule has 0 atom stereocenters. The van der Waals surface area contributed by atoms with Gasteiger partial charge in [0.2, 0.25) is 0 Å². The number of rotatable bonds is 6. The van der Waals surface area contributed by atoms with Crippen molar-refractivity contribution in [1.29, 1.82) is 0 Å². The zero-order valence-corrected chi connectivity index (χ0v) is 12.8. The first-order valence-electron chi connectivity index (χ1n) is 6.28. The molecule has 110 valence electrons. The normalized spacial score (nSPS) is 10.9. The van der Waals surface area contributed by atoms with Crippen LogP contribution < -0.4 is 0 Å². The van der Waals surface area contributed by atoms with Gasteiger partial charge in [-0.3, -0.25) is 9.59 Å². The summed E-state index contributed by atoms with van der Waals surface area (Å²) in [6, 6.07) is 1.55. The first-order valence-corrected chi connectivity index (χ1v) is 7.48. The third-order valence-electron chi connectivity index (χ3n) is 3.07. The molecule has 0 aliphatic rings. The van der Waals surface area contributed by atoms with Gasteiger partial charge in [0, 0.05) is 12.5 Å². The minimum absolute atomic E-state index is 0.0774. The number of thioether (sulfide) groups is 1. The standard InChI is InChI=1S/C14H15ClF2O2S/c1-3-8(4-2)5-13(18)20-12-6-9(14(15)19)10(16)7-11(12)17/h6-8H,3-5H2,1-2H3. The van der Waals surface area contributed by atoms with E-state index in [0.717, 1.165) is 18.9 Å². The summed E-state index contributed by atoms with van der Waals surface area (Å²) in [6.45, 7) is 3.96.